The van der Waals surface area contributed by atoms with Gasteiger partial charge in [0, 0.05) is 40.2 Å². The number of rotatable bonds is 8. The number of aromatic nitrogens is 3. The second-order valence-electron chi connectivity index (χ2n) is 9.38. The number of carbonyl (C=O) groups excluding carboxylic acids is 1. The minimum atomic E-state index is -0.193. The molecule has 1 heterocycles. The Kier molecular flexibility index (Phi) is 8.10. The maximum atomic E-state index is 12.8. The molecule has 1 aromatic heterocycles. The Morgan fingerprint density at radius 1 is 0.946 bits per heavy atom. The van der Waals surface area contributed by atoms with Gasteiger partial charge >= 0.3 is 0 Å². The molecule has 0 bridgehead atoms. The van der Waals surface area contributed by atoms with E-state index in [1.54, 1.807) is 32.4 Å². The van der Waals surface area contributed by atoms with Gasteiger partial charge in [-0.05, 0) is 35.2 Å². The van der Waals surface area contributed by atoms with Crippen molar-refractivity contribution in [3.05, 3.63) is 77.3 Å². The van der Waals surface area contributed by atoms with Crippen LogP contribution in [-0.4, -0.2) is 40.6 Å². The molecule has 0 aliphatic rings. The van der Waals surface area contributed by atoms with E-state index >= 15 is 0 Å². The first-order valence-electron chi connectivity index (χ1n) is 11.7. The van der Waals surface area contributed by atoms with Gasteiger partial charge in [0.15, 0.2) is 11.0 Å². The highest BCUT2D eigenvalue weighted by molar-refractivity contribution is 7.99. The molecule has 1 amide bonds. The molecular formula is C28H29ClN4O3S. The van der Waals surface area contributed by atoms with Crippen molar-refractivity contribution in [1.29, 1.82) is 0 Å². The largest absolute Gasteiger partial charge is 0.497 e. The number of halogens is 1. The van der Waals surface area contributed by atoms with Gasteiger partial charge in [-0.15, -0.1) is 10.2 Å². The zero-order valence-electron chi connectivity index (χ0n) is 21.4. The standard InChI is InChI=1S/C28H29ClN4O3S/c1-28(2,3)19-8-6-18(7-9-19)26-31-32-27(33(26)22-12-10-20(29)11-13-22)37-17-25(34)30-21-14-23(35-4)16-24(15-21)36-5/h6-16H,17H2,1-5H3,(H,30,34). The number of methoxy groups -OCH3 is 2. The van der Waals surface area contributed by atoms with E-state index in [4.69, 9.17) is 21.1 Å². The molecule has 9 heteroatoms. The van der Waals surface area contributed by atoms with E-state index in [-0.39, 0.29) is 17.1 Å². The molecule has 4 rings (SSSR count). The summed E-state index contributed by atoms with van der Waals surface area (Å²) in [7, 11) is 3.13. The molecule has 0 aliphatic heterocycles. The lowest BCUT2D eigenvalue weighted by atomic mass is 9.87. The van der Waals surface area contributed by atoms with Crippen LogP contribution in [0.25, 0.3) is 17.1 Å². The molecular weight excluding hydrogens is 508 g/mol. The summed E-state index contributed by atoms with van der Waals surface area (Å²) in [5.74, 6) is 1.80. The fourth-order valence-electron chi connectivity index (χ4n) is 3.70. The van der Waals surface area contributed by atoms with E-state index in [9.17, 15) is 4.79 Å². The summed E-state index contributed by atoms with van der Waals surface area (Å²) in [5.41, 5.74) is 3.64. The molecule has 37 heavy (non-hydrogen) atoms. The predicted octanol–water partition coefficient (Wildman–Crippen LogP) is 6.63. The molecule has 0 saturated carbocycles. The van der Waals surface area contributed by atoms with Gasteiger partial charge in [-0.2, -0.15) is 0 Å². The summed E-state index contributed by atoms with van der Waals surface area (Å²) in [5, 5.41) is 13.0. The number of thioether (sulfide) groups is 1. The van der Waals surface area contributed by atoms with Crippen LogP contribution in [0.2, 0.25) is 5.02 Å². The second-order valence-corrected chi connectivity index (χ2v) is 10.8. The van der Waals surface area contributed by atoms with Gasteiger partial charge in [0.25, 0.3) is 0 Å². The average molecular weight is 537 g/mol. The number of anilines is 1. The molecule has 7 nitrogen and oxygen atoms in total. The normalized spacial score (nSPS) is 11.3. The molecule has 3 aromatic carbocycles. The number of nitrogens with one attached hydrogen (secondary N) is 1. The van der Waals surface area contributed by atoms with Crippen molar-refractivity contribution in [1.82, 2.24) is 14.8 Å². The number of carbonyl (C=O) groups is 1. The zero-order valence-corrected chi connectivity index (χ0v) is 23.0. The average Bonchev–Trinajstić information content (AvgIpc) is 3.31. The Bertz CT molecular complexity index is 1360. The quantitative estimate of drug-likeness (QED) is 0.254. The summed E-state index contributed by atoms with van der Waals surface area (Å²) in [6.45, 7) is 6.54. The molecule has 192 valence electrons. The fraction of sp³-hybridized carbons (Fsp3) is 0.250. The van der Waals surface area contributed by atoms with Crippen molar-refractivity contribution in [3.8, 4) is 28.6 Å². The number of amides is 1. The smallest absolute Gasteiger partial charge is 0.234 e. The van der Waals surface area contributed by atoms with E-state index in [0.29, 0.717) is 33.2 Å². The summed E-state index contributed by atoms with van der Waals surface area (Å²) in [4.78, 5) is 12.8. The minimum Gasteiger partial charge on any atom is -0.497 e. The lowest BCUT2D eigenvalue weighted by molar-refractivity contribution is -0.113. The third-order valence-electron chi connectivity index (χ3n) is 5.69. The molecule has 4 aromatic rings. The lowest BCUT2D eigenvalue weighted by Gasteiger charge is -2.19. The Labute approximate surface area is 226 Å². The van der Waals surface area contributed by atoms with Gasteiger partial charge in [0.05, 0.1) is 20.0 Å². The zero-order chi connectivity index (χ0) is 26.6. The Morgan fingerprint density at radius 2 is 1.57 bits per heavy atom. The summed E-state index contributed by atoms with van der Waals surface area (Å²) in [6.07, 6.45) is 0. The van der Waals surface area contributed by atoms with Crippen LogP contribution in [-0.2, 0) is 10.2 Å². The van der Waals surface area contributed by atoms with Crippen LogP contribution in [0.5, 0.6) is 11.5 Å². The van der Waals surface area contributed by atoms with Crippen LogP contribution in [0.15, 0.2) is 71.9 Å². The van der Waals surface area contributed by atoms with Crippen LogP contribution >= 0.6 is 23.4 Å². The molecule has 0 unspecified atom stereocenters. The maximum absolute atomic E-state index is 12.8. The van der Waals surface area contributed by atoms with Gasteiger partial charge in [-0.1, -0.05) is 68.4 Å². The van der Waals surface area contributed by atoms with E-state index in [1.165, 1.54) is 17.3 Å². The fourth-order valence-corrected chi connectivity index (χ4v) is 4.58. The monoisotopic (exact) mass is 536 g/mol. The molecule has 1 N–H and O–H groups in total. The highest BCUT2D eigenvalue weighted by Crippen LogP contribution is 2.31. The van der Waals surface area contributed by atoms with Crippen molar-refractivity contribution >= 4 is 35.0 Å². The Hall–Kier alpha value is -3.49. The Morgan fingerprint density at radius 3 is 2.14 bits per heavy atom. The number of nitrogens with zero attached hydrogens (tertiary/aromatic N) is 3. The highest BCUT2D eigenvalue weighted by atomic mass is 35.5. The second kappa shape index (κ2) is 11.3. The van der Waals surface area contributed by atoms with E-state index in [0.717, 1.165) is 11.3 Å². The number of benzene rings is 3. The van der Waals surface area contributed by atoms with Crippen LogP contribution in [0.1, 0.15) is 26.3 Å². The van der Waals surface area contributed by atoms with Gasteiger partial charge in [-0.3, -0.25) is 9.36 Å². The van der Waals surface area contributed by atoms with Gasteiger partial charge in [0.1, 0.15) is 11.5 Å². The lowest BCUT2D eigenvalue weighted by Crippen LogP contribution is -2.14. The summed E-state index contributed by atoms with van der Waals surface area (Å²) < 4.78 is 12.5. The molecule has 0 spiro atoms. The van der Waals surface area contributed by atoms with Crippen molar-refractivity contribution in [2.24, 2.45) is 0 Å². The first-order chi connectivity index (χ1) is 17.7. The van der Waals surface area contributed by atoms with Crippen molar-refractivity contribution in [2.45, 2.75) is 31.3 Å². The van der Waals surface area contributed by atoms with Gasteiger partial charge in [-0.25, -0.2) is 0 Å². The van der Waals surface area contributed by atoms with Gasteiger partial charge in [0.2, 0.25) is 5.91 Å². The summed E-state index contributed by atoms with van der Waals surface area (Å²) >= 11 is 7.43. The minimum absolute atomic E-state index is 0.0452. The van der Waals surface area contributed by atoms with E-state index < -0.39 is 0 Å². The molecule has 0 fully saturated rings. The highest BCUT2D eigenvalue weighted by Gasteiger charge is 2.19. The van der Waals surface area contributed by atoms with Crippen molar-refractivity contribution in [3.63, 3.8) is 0 Å². The number of hydrogen-bond acceptors (Lipinski definition) is 6. The SMILES string of the molecule is COc1cc(NC(=O)CSc2nnc(-c3ccc(C(C)(C)C)cc3)n2-c2ccc(Cl)cc2)cc(OC)c1. The van der Waals surface area contributed by atoms with Crippen molar-refractivity contribution in [2.75, 3.05) is 25.3 Å². The first-order valence-corrected chi connectivity index (χ1v) is 13.0. The van der Waals surface area contributed by atoms with Crippen LogP contribution in [0.3, 0.4) is 0 Å². The first kappa shape index (κ1) is 26.6. The molecule has 0 radical (unpaired) electrons. The van der Waals surface area contributed by atoms with Crippen molar-refractivity contribution < 1.29 is 14.3 Å². The predicted molar refractivity (Wildman–Crippen MR) is 149 cm³/mol. The molecule has 0 aliphatic carbocycles. The van der Waals surface area contributed by atoms with Crippen LogP contribution in [0, 0.1) is 0 Å². The third-order valence-corrected chi connectivity index (χ3v) is 6.88. The van der Waals surface area contributed by atoms with E-state index in [1.807, 2.05) is 41.0 Å². The molecule has 0 saturated heterocycles. The van der Waals surface area contributed by atoms with Crippen LogP contribution in [0.4, 0.5) is 5.69 Å². The maximum Gasteiger partial charge on any atom is 0.234 e. The summed E-state index contributed by atoms with van der Waals surface area (Å²) in [6, 6.07) is 21.0. The molecule has 0 atom stereocenters. The Balaban J connectivity index is 1.59. The third kappa shape index (κ3) is 6.45. The number of hydrogen-bond donors (Lipinski definition) is 1. The topological polar surface area (TPSA) is 78.3 Å². The van der Waals surface area contributed by atoms with Crippen LogP contribution < -0.4 is 14.8 Å². The van der Waals surface area contributed by atoms with E-state index in [2.05, 4.69) is 48.4 Å². The van der Waals surface area contributed by atoms with Gasteiger partial charge < -0.3 is 14.8 Å². The number of ether oxygens (including phenoxy) is 2.